The number of carbonyl (C=O) groups excluding carboxylic acids is 1. The summed E-state index contributed by atoms with van der Waals surface area (Å²) >= 11 is 0. The van der Waals surface area contributed by atoms with Gasteiger partial charge in [0.1, 0.15) is 5.60 Å². The Morgan fingerprint density at radius 2 is 2.14 bits per heavy atom. The number of amides is 1. The zero-order valence-corrected chi connectivity index (χ0v) is 9.46. The van der Waals surface area contributed by atoms with Gasteiger partial charge in [-0.2, -0.15) is 0 Å². The fourth-order valence-electron chi connectivity index (χ4n) is 1.45. The Morgan fingerprint density at radius 3 is 2.43 bits per heavy atom. The zero-order chi connectivity index (χ0) is 11.0. The van der Waals surface area contributed by atoms with Crippen molar-refractivity contribution in [3.05, 3.63) is 0 Å². The second-order valence-electron chi connectivity index (χ2n) is 5.08. The predicted molar refractivity (Wildman–Crippen MR) is 55.0 cm³/mol. The molecule has 82 valence electrons. The summed E-state index contributed by atoms with van der Waals surface area (Å²) in [7, 11) is 0. The molecule has 14 heavy (non-hydrogen) atoms. The summed E-state index contributed by atoms with van der Waals surface area (Å²) in [4.78, 5) is 13.4. The third-order valence-corrected chi connectivity index (χ3v) is 2.58. The van der Waals surface area contributed by atoms with Crippen LogP contribution >= 0.6 is 0 Å². The molecule has 1 rings (SSSR count). The van der Waals surface area contributed by atoms with Crippen LogP contribution in [-0.4, -0.2) is 35.2 Å². The largest absolute Gasteiger partial charge is 0.444 e. The van der Waals surface area contributed by atoms with E-state index in [1.165, 1.54) is 0 Å². The van der Waals surface area contributed by atoms with Gasteiger partial charge < -0.3 is 15.4 Å². The summed E-state index contributed by atoms with van der Waals surface area (Å²) in [6.45, 7) is 8.83. The minimum atomic E-state index is -0.428. The van der Waals surface area contributed by atoms with Gasteiger partial charge >= 0.3 is 6.09 Å². The molecule has 0 saturated carbocycles. The van der Waals surface area contributed by atoms with Crippen molar-refractivity contribution in [2.75, 3.05) is 13.1 Å². The first-order chi connectivity index (χ1) is 6.28. The zero-order valence-electron chi connectivity index (χ0n) is 9.46. The molecule has 0 aromatic rings. The third-order valence-electron chi connectivity index (χ3n) is 2.58. The molecule has 1 atom stereocenters. The average Bonchev–Trinajstić information content (AvgIpc) is 1.97. The molecule has 1 heterocycles. The molecule has 2 N–H and O–H groups in total. The fraction of sp³-hybridized carbons (Fsp3) is 0.900. The van der Waals surface area contributed by atoms with E-state index in [-0.39, 0.29) is 11.6 Å². The number of rotatable bonds is 1. The summed E-state index contributed by atoms with van der Waals surface area (Å²) in [5.41, 5.74) is 4.99. The van der Waals surface area contributed by atoms with Crippen molar-refractivity contribution < 1.29 is 9.53 Å². The summed E-state index contributed by atoms with van der Waals surface area (Å²) in [5.74, 6) is 0. The van der Waals surface area contributed by atoms with E-state index in [1.54, 1.807) is 4.90 Å². The van der Waals surface area contributed by atoms with Gasteiger partial charge in [0.05, 0.1) is 5.54 Å². The number of nitrogens with zero attached hydrogens (tertiary/aromatic N) is 1. The molecule has 4 nitrogen and oxygen atoms in total. The highest BCUT2D eigenvalue weighted by Gasteiger charge is 2.44. The van der Waals surface area contributed by atoms with Crippen LogP contribution in [0.15, 0.2) is 0 Å². The third kappa shape index (κ3) is 2.18. The highest BCUT2D eigenvalue weighted by molar-refractivity contribution is 5.70. The normalized spacial score (nSPS) is 27.1. The molecular weight excluding hydrogens is 180 g/mol. The monoisotopic (exact) mass is 200 g/mol. The fourth-order valence-corrected chi connectivity index (χ4v) is 1.45. The highest BCUT2D eigenvalue weighted by atomic mass is 16.6. The summed E-state index contributed by atoms with van der Waals surface area (Å²) < 4.78 is 5.27. The Morgan fingerprint density at radius 1 is 1.57 bits per heavy atom. The van der Waals surface area contributed by atoms with Crippen LogP contribution in [0.3, 0.4) is 0 Å². The average molecular weight is 200 g/mol. The lowest BCUT2D eigenvalue weighted by Crippen LogP contribution is -2.64. The molecule has 4 heteroatoms. The maximum atomic E-state index is 11.7. The van der Waals surface area contributed by atoms with Crippen molar-refractivity contribution in [2.24, 2.45) is 5.73 Å². The molecule has 1 aliphatic heterocycles. The highest BCUT2D eigenvalue weighted by Crippen LogP contribution is 2.30. The molecule has 1 saturated heterocycles. The minimum Gasteiger partial charge on any atom is -0.444 e. The van der Waals surface area contributed by atoms with E-state index in [0.717, 1.165) is 13.0 Å². The van der Waals surface area contributed by atoms with Crippen LogP contribution in [0.4, 0.5) is 4.79 Å². The van der Waals surface area contributed by atoms with Crippen LogP contribution in [-0.2, 0) is 4.74 Å². The second kappa shape index (κ2) is 3.42. The van der Waals surface area contributed by atoms with Gasteiger partial charge in [-0.3, -0.25) is 0 Å². The Kier molecular flexibility index (Phi) is 2.76. The Labute approximate surface area is 85.4 Å². The molecule has 0 aromatic heterocycles. The molecular formula is C10H20N2O2. The first kappa shape index (κ1) is 11.3. The summed E-state index contributed by atoms with van der Waals surface area (Å²) in [6, 6.07) is 0. The Balaban J connectivity index is 2.55. The van der Waals surface area contributed by atoms with Crippen LogP contribution in [0.1, 0.15) is 34.1 Å². The van der Waals surface area contributed by atoms with E-state index < -0.39 is 5.60 Å². The quantitative estimate of drug-likeness (QED) is 0.695. The van der Waals surface area contributed by atoms with Crippen LogP contribution in [0, 0.1) is 0 Å². The summed E-state index contributed by atoms with van der Waals surface area (Å²) in [5, 5.41) is 0. The second-order valence-corrected chi connectivity index (χ2v) is 5.08. The van der Waals surface area contributed by atoms with Crippen molar-refractivity contribution in [3.63, 3.8) is 0 Å². The lowest BCUT2D eigenvalue weighted by molar-refractivity contribution is -0.0340. The van der Waals surface area contributed by atoms with E-state index in [0.29, 0.717) is 6.54 Å². The summed E-state index contributed by atoms with van der Waals surface area (Å²) in [6.07, 6.45) is 0.708. The van der Waals surface area contributed by atoms with Gasteiger partial charge in [-0.1, -0.05) is 0 Å². The van der Waals surface area contributed by atoms with E-state index in [1.807, 2.05) is 27.7 Å². The van der Waals surface area contributed by atoms with E-state index >= 15 is 0 Å². The number of ether oxygens (including phenoxy) is 1. The van der Waals surface area contributed by atoms with Gasteiger partial charge in [0.25, 0.3) is 0 Å². The first-order valence-electron chi connectivity index (χ1n) is 4.99. The minimum absolute atomic E-state index is 0.192. The first-order valence-corrected chi connectivity index (χ1v) is 4.99. The molecule has 0 aliphatic carbocycles. The van der Waals surface area contributed by atoms with Crippen LogP contribution in [0.2, 0.25) is 0 Å². The molecule has 1 fully saturated rings. The standard InChI is InChI=1S/C10H20N2O2/c1-9(2,3)14-8(13)12-6-5-10(12,4)7-11/h5-7,11H2,1-4H3/t10-/m1/s1. The molecule has 0 spiro atoms. The topological polar surface area (TPSA) is 55.6 Å². The number of nitrogens with two attached hydrogens (primary N) is 1. The Bertz CT molecular complexity index is 231. The molecule has 0 radical (unpaired) electrons. The molecule has 0 bridgehead atoms. The molecule has 0 aromatic carbocycles. The van der Waals surface area contributed by atoms with Gasteiger partial charge in [-0.25, -0.2) is 4.79 Å². The van der Waals surface area contributed by atoms with Crippen molar-refractivity contribution in [2.45, 2.75) is 45.3 Å². The molecule has 1 amide bonds. The van der Waals surface area contributed by atoms with Crippen LogP contribution in [0.25, 0.3) is 0 Å². The van der Waals surface area contributed by atoms with Crippen LogP contribution < -0.4 is 5.73 Å². The molecule has 1 aliphatic rings. The SMILES string of the molecule is CC(C)(C)OC(=O)N1CC[C@]1(C)CN. The lowest BCUT2D eigenvalue weighted by atomic mass is 9.87. The number of carbonyl (C=O) groups is 1. The van der Waals surface area contributed by atoms with Gasteiger partial charge in [0, 0.05) is 13.1 Å². The number of hydrogen-bond donors (Lipinski definition) is 1. The van der Waals surface area contributed by atoms with E-state index in [2.05, 4.69) is 0 Å². The number of likely N-dealkylation sites (tertiary alicyclic amines) is 1. The van der Waals surface area contributed by atoms with E-state index in [4.69, 9.17) is 10.5 Å². The molecule has 0 unspecified atom stereocenters. The van der Waals surface area contributed by atoms with E-state index in [9.17, 15) is 4.79 Å². The van der Waals surface area contributed by atoms with Gasteiger partial charge in [-0.15, -0.1) is 0 Å². The Hall–Kier alpha value is -0.770. The maximum absolute atomic E-state index is 11.7. The van der Waals surface area contributed by atoms with Crippen LogP contribution in [0.5, 0.6) is 0 Å². The van der Waals surface area contributed by atoms with Crippen molar-refractivity contribution >= 4 is 6.09 Å². The number of hydrogen-bond acceptors (Lipinski definition) is 3. The smallest absolute Gasteiger partial charge is 0.410 e. The van der Waals surface area contributed by atoms with Gasteiger partial charge in [0.2, 0.25) is 0 Å². The van der Waals surface area contributed by atoms with Gasteiger partial charge in [-0.05, 0) is 34.1 Å². The maximum Gasteiger partial charge on any atom is 0.410 e. The van der Waals surface area contributed by atoms with Crippen molar-refractivity contribution in [3.8, 4) is 0 Å². The van der Waals surface area contributed by atoms with Crippen molar-refractivity contribution in [1.29, 1.82) is 0 Å². The van der Waals surface area contributed by atoms with Gasteiger partial charge in [0.15, 0.2) is 0 Å². The van der Waals surface area contributed by atoms with Crippen molar-refractivity contribution in [1.82, 2.24) is 4.90 Å². The lowest BCUT2D eigenvalue weighted by Gasteiger charge is -2.49. The predicted octanol–water partition coefficient (Wildman–Crippen LogP) is 1.34.